The maximum absolute atomic E-state index is 5.92. The van der Waals surface area contributed by atoms with Gasteiger partial charge in [-0.25, -0.2) is 0 Å². The summed E-state index contributed by atoms with van der Waals surface area (Å²) in [6.45, 7) is 2.15. The van der Waals surface area contributed by atoms with Gasteiger partial charge in [-0.3, -0.25) is 16.0 Å². The minimum atomic E-state index is 0.403. The van der Waals surface area contributed by atoms with Crippen molar-refractivity contribution in [3.8, 4) is 0 Å². The molecule has 4 rings (SSSR count). The zero-order valence-corrected chi connectivity index (χ0v) is 14.4. The van der Waals surface area contributed by atoms with Gasteiger partial charge in [-0.2, -0.15) is 5.10 Å². The smallest absolute Gasteiger partial charge is 0.0766 e. The number of rotatable bonds is 5. The van der Waals surface area contributed by atoms with Crippen molar-refractivity contribution >= 4 is 15.9 Å². The van der Waals surface area contributed by atoms with Gasteiger partial charge in [-0.1, -0.05) is 6.92 Å². The van der Waals surface area contributed by atoms with Crippen LogP contribution in [0.25, 0.3) is 0 Å². The lowest BCUT2D eigenvalue weighted by molar-refractivity contribution is 0.360. The largest absolute Gasteiger partial charge is 0.271 e. The fourth-order valence-corrected chi connectivity index (χ4v) is 6.26. The fraction of sp³-hybridized carbons (Fsp3) is 0.812. The van der Waals surface area contributed by atoms with Crippen molar-refractivity contribution in [1.29, 1.82) is 0 Å². The molecule has 3 saturated carbocycles. The van der Waals surface area contributed by atoms with Crippen LogP contribution in [0.15, 0.2) is 4.47 Å². The van der Waals surface area contributed by atoms with E-state index < -0.39 is 0 Å². The predicted molar refractivity (Wildman–Crippen MR) is 86.4 cm³/mol. The number of nitrogens with zero attached hydrogens (tertiary/aromatic N) is 2. The Morgan fingerprint density at radius 1 is 1.38 bits per heavy atom. The molecule has 1 aromatic heterocycles. The van der Waals surface area contributed by atoms with Crippen LogP contribution >= 0.6 is 15.9 Å². The summed E-state index contributed by atoms with van der Waals surface area (Å²) in [7, 11) is 2.05. The summed E-state index contributed by atoms with van der Waals surface area (Å²) in [5.74, 6) is 10.6. The Kier molecular flexibility index (Phi) is 3.43. The normalized spacial score (nSPS) is 37.8. The third kappa shape index (κ3) is 2.04. The Morgan fingerprint density at radius 3 is 2.57 bits per heavy atom. The lowest BCUT2D eigenvalue weighted by atomic mass is 9.95. The number of hydrogen-bond acceptors (Lipinski definition) is 3. The van der Waals surface area contributed by atoms with Crippen LogP contribution in [0.1, 0.15) is 37.6 Å². The molecule has 21 heavy (non-hydrogen) atoms. The average molecular weight is 353 g/mol. The molecule has 0 aromatic carbocycles. The molecule has 0 aliphatic heterocycles. The first kappa shape index (κ1) is 14.2. The minimum absolute atomic E-state index is 0.403. The molecule has 5 atom stereocenters. The number of halogens is 1. The van der Waals surface area contributed by atoms with E-state index in [-0.39, 0.29) is 0 Å². The zero-order chi connectivity index (χ0) is 14.7. The molecule has 3 fully saturated rings. The second kappa shape index (κ2) is 5.07. The van der Waals surface area contributed by atoms with Crippen LogP contribution in [0.4, 0.5) is 0 Å². The van der Waals surface area contributed by atoms with Crippen molar-refractivity contribution in [3.05, 3.63) is 15.9 Å². The number of aromatic nitrogens is 2. The third-order valence-electron chi connectivity index (χ3n) is 6.39. The Bertz CT molecular complexity index is 539. The van der Waals surface area contributed by atoms with Gasteiger partial charge in [-0.15, -0.1) is 0 Å². The summed E-state index contributed by atoms with van der Waals surface area (Å²) in [4.78, 5) is 0. The minimum Gasteiger partial charge on any atom is -0.271 e. The van der Waals surface area contributed by atoms with Crippen LogP contribution in [-0.2, 0) is 19.9 Å². The Labute approximate surface area is 134 Å². The van der Waals surface area contributed by atoms with Gasteiger partial charge in [0.1, 0.15) is 0 Å². The summed E-state index contributed by atoms with van der Waals surface area (Å²) in [6, 6.07) is 0.403. The van der Waals surface area contributed by atoms with Crippen molar-refractivity contribution in [2.45, 2.75) is 45.1 Å². The quantitative estimate of drug-likeness (QED) is 0.631. The number of aryl methyl sites for hydroxylation is 2. The van der Waals surface area contributed by atoms with Crippen LogP contribution in [0.3, 0.4) is 0 Å². The SMILES string of the molecule is CCc1nn(C)c(CC(NN)C2C3C4CCC(C4)C32)c1Br. The molecular weight excluding hydrogens is 328 g/mol. The molecule has 3 aliphatic rings. The highest BCUT2D eigenvalue weighted by molar-refractivity contribution is 9.10. The molecule has 5 unspecified atom stereocenters. The van der Waals surface area contributed by atoms with Crippen LogP contribution in [0.5, 0.6) is 0 Å². The van der Waals surface area contributed by atoms with Crippen molar-refractivity contribution in [2.24, 2.45) is 42.5 Å². The third-order valence-corrected chi connectivity index (χ3v) is 7.31. The van der Waals surface area contributed by atoms with E-state index in [2.05, 4.69) is 33.4 Å². The van der Waals surface area contributed by atoms with E-state index in [1.807, 2.05) is 11.7 Å². The van der Waals surface area contributed by atoms with Crippen molar-refractivity contribution in [2.75, 3.05) is 0 Å². The molecule has 2 bridgehead atoms. The van der Waals surface area contributed by atoms with E-state index in [4.69, 9.17) is 5.84 Å². The molecule has 0 amide bonds. The summed E-state index contributed by atoms with van der Waals surface area (Å²) in [5, 5.41) is 4.61. The molecule has 0 radical (unpaired) electrons. The molecule has 4 nitrogen and oxygen atoms in total. The lowest BCUT2D eigenvalue weighted by Gasteiger charge is -2.20. The highest BCUT2D eigenvalue weighted by atomic mass is 79.9. The van der Waals surface area contributed by atoms with Crippen LogP contribution in [-0.4, -0.2) is 15.8 Å². The monoisotopic (exact) mass is 352 g/mol. The number of nitrogens with two attached hydrogens (primary N) is 1. The molecule has 5 heteroatoms. The number of nitrogens with one attached hydrogen (secondary N) is 1. The summed E-state index contributed by atoms with van der Waals surface area (Å²) >= 11 is 3.73. The van der Waals surface area contributed by atoms with Crippen LogP contribution < -0.4 is 11.3 Å². The predicted octanol–water partition coefficient (Wildman–Crippen LogP) is 2.41. The molecule has 3 N–H and O–H groups in total. The standard InChI is InChI=1S/C16H25BrN4/c1-3-10-16(17)12(21(2)20-10)7-11(19-18)15-13-8-4-5-9(6-8)14(13)15/h8-9,11,13-15,19H,3-7,18H2,1-2H3. The Balaban J connectivity index is 1.52. The number of hydrazine groups is 1. The van der Waals surface area contributed by atoms with E-state index in [9.17, 15) is 0 Å². The van der Waals surface area contributed by atoms with E-state index in [0.29, 0.717) is 6.04 Å². The summed E-state index contributed by atoms with van der Waals surface area (Å²) in [6.07, 6.45) is 6.38. The number of hydrogen-bond donors (Lipinski definition) is 2. The first-order valence-corrected chi connectivity index (χ1v) is 9.11. The second-order valence-corrected chi connectivity index (χ2v) is 8.02. The van der Waals surface area contributed by atoms with Crippen LogP contribution in [0, 0.1) is 29.6 Å². The van der Waals surface area contributed by atoms with E-state index >= 15 is 0 Å². The molecular formula is C16H25BrN4. The summed E-state index contributed by atoms with van der Waals surface area (Å²) in [5.41, 5.74) is 5.57. The second-order valence-electron chi connectivity index (χ2n) is 7.23. The van der Waals surface area contributed by atoms with Crippen molar-refractivity contribution < 1.29 is 0 Å². The van der Waals surface area contributed by atoms with E-state index in [1.165, 1.54) is 29.4 Å². The topological polar surface area (TPSA) is 55.9 Å². The van der Waals surface area contributed by atoms with Gasteiger partial charge in [-0.05, 0) is 71.2 Å². The Morgan fingerprint density at radius 2 is 2.05 bits per heavy atom. The van der Waals surface area contributed by atoms with Crippen molar-refractivity contribution in [3.63, 3.8) is 0 Å². The molecule has 1 aromatic rings. The number of fused-ring (bicyclic) bond motifs is 5. The Hall–Kier alpha value is -0.390. The molecule has 0 saturated heterocycles. The molecule has 1 heterocycles. The highest BCUT2D eigenvalue weighted by Crippen LogP contribution is 2.70. The maximum atomic E-state index is 5.92. The van der Waals surface area contributed by atoms with Gasteiger partial charge in [0, 0.05) is 19.5 Å². The first-order chi connectivity index (χ1) is 10.2. The average Bonchev–Trinajstić information content (AvgIpc) is 2.79. The first-order valence-electron chi connectivity index (χ1n) is 8.32. The van der Waals surface area contributed by atoms with E-state index in [1.54, 1.807) is 0 Å². The van der Waals surface area contributed by atoms with Gasteiger partial charge < -0.3 is 0 Å². The molecule has 116 valence electrons. The van der Waals surface area contributed by atoms with Gasteiger partial charge in [0.25, 0.3) is 0 Å². The van der Waals surface area contributed by atoms with Gasteiger partial charge in [0.05, 0.1) is 15.9 Å². The fourth-order valence-electron chi connectivity index (χ4n) is 5.49. The van der Waals surface area contributed by atoms with Crippen LogP contribution in [0.2, 0.25) is 0 Å². The lowest BCUT2D eigenvalue weighted by Crippen LogP contribution is -2.40. The summed E-state index contributed by atoms with van der Waals surface area (Å²) < 4.78 is 3.21. The maximum Gasteiger partial charge on any atom is 0.0766 e. The molecule has 3 aliphatic carbocycles. The molecule has 0 spiro atoms. The van der Waals surface area contributed by atoms with Crippen molar-refractivity contribution in [1.82, 2.24) is 15.2 Å². The van der Waals surface area contributed by atoms with Gasteiger partial charge in [0.15, 0.2) is 0 Å². The highest BCUT2D eigenvalue weighted by Gasteiger charge is 2.66. The van der Waals surface area contributed by atoms with Gasteiger partial charge >= 0.3 is 0 Å². The van der Waals surface area contributed by atoms with Gasteiger partial charge in [0.2, 0.25) is 0 Å². The van der Waals surface area contributed by atoms with E-state index in [0.717, 1.165) is 48.1 Å². The zero-order valence-electron chi connectivity index (χ0n) is 12.8.